The van der Waals surface area contributed by atoms with E-state index in [1.54, 1.807) is 18.2 Å². The molecule has 2 N–H and O–H groups in total. The Morgan fingerprint density at radius 1 is 1.00 bits per heavy atom. The quantitative estimate of drug-likeness (QED) is 0.603. The van der Waals surface area contributed by atoms with Crippen molar-refractivity contribution in [3.05, 3.63) is 24.3 Å². The molecule has 0 saturated heterocycles. The number of benzene rings is 1. The van der Waals surface area contributed by atoms with Crippen molar-refractivity contribution in [2.45, 2.75) is 87.3 Å². The first kappa shape index (κ1) is 21.9. The van der Waals surface area contributed by atoms with Crippen LogP contribution in [0.1, 0.15) is 64.2 Å². The van der Waals surface area contributed by atoms with Crippen LogP contribution < -0.4 is 5.32 Å². The molecule has 2 saturated carbocycles. The number of sulfonamides is 1. The molecule has 2 fully saturated rings. The van der Waals surface area contributed by atoms with Crippen molar-refractivity contribution in [1.82, 2.24) is 4.31 Å². The Morgan fingerprint density at radius 3 is 2.07 bits per heavy atom. The third-order valence-electron chi connectivity index (χ3n) is 6.02. The minimum atomic E-state index is -3.63. The molecule has 158 valence electrons. The lowest BCUT2D eigenvalue weighted by molar-refractivity contribution is 0.170. The zero-order chi connectivity index (χ0) is 20.0. The minimum Gasteiger partial charge on any atom is -0.390 e. The van der Waals surface area contributed by atoms with Crippen LogP contribution in [0, 0.1) is 0 Å². The molecule has 1 aromatic rings. The number of nitrogens with one attached hydrogen (secondary N) is 1. The van der Waals surface area contributed by atoms with Crippen molar-refractivity contribution >= 4 is 27.3 Å². The molecule has 0 aliphatic heterocycles. The van der Waals surface area contributed by atoms with Gasteiger partial charge in [0.2, 0.25) is 10.0 Å². The molecule has 28 heavy (non-hydrogen) atoms. The number of rotatable bonds is 8. The van der Waals surface area contributed by atoms with Crippen LogP contribution in [0.15, 0.2) is 29.2 Å². The highest BCUT2D eigenvalue weighted by Gasteiger charge is 2.39. The molecule has 1 unspecified atom stereocenters. The van der Waals surface area contributed by atoms with Crippen LogP contribution in [0.4, 0.5) is 5.69 Å². The summed E-state index contributed by atoms with van der Waals surface area (Å²) in [7, 11) is -3.63. The van der Waals surface area contributed by atoms with E-state index < -0.39 is 16.1 Å². The number of hydrogen-bond donors (Lipinski definition) is 2. The minimum absolute atomic E-state index is 0.100. The van der Waals surface area contributed by atoms with E-state index in [4.69, 9.17) is 11.6 Å². The normalized spacial score (nSPS) is 21.0. The predicted octanol–water partition coefficient (Wildman–Crippen LogP) is 4.35. The molecule has 0 spiro atoms. The summed E-state index contributed by atoms with van der Waals surface area (Å²) >= 11 is 5.68. The molecule has 3 rings (SSSR count). The average molecular weight is 429 g/mol. The van der Waals surface area contributed by atoms with Gasteiger partial charge in [0.15, 0.2) is 0 Å². The number of para-hydroxylation sites is 1. The standard InChI is InChI=1S/C21H33ClN2O3S/c22-15-19(25)16-23-20-13-7-8-14-21(20)28(26,27)24(17-9-3-1-4-10-17)18-11-5-2-6-12-18/h7-8,13-14,17-19,23,25H,1-6,9-12,15-16H2. The summed E-state index contributed by atoms with van der Waals surface area (Å²) in [6.45, 7) is 0.225. The number of halogens is 1. The third-order valence-corrected chi connectivity index (χ3v) is 8.44. The van der Waals surface area contributed by atoms with Crippen LogP contribution >= 0.6 is 11.6 Å². The zero-order valence-corrected chi connectivity index (χ0v) is 18.1. The molecule has 5 nitrogen and oxygen atoms in total. The predicted molar refractivity (Wildman–Crippen MR) is 114 cm³/mol. The number of alkyl halides is 1. The Hall–Kier alpha value is -0.820. The molecular formula is C21H33ClN2O3S. The Kier molecular flexibility index (Phi) is 8.03. The van der Waals surface area contributed by atoms with Gasteiger partial charge in [0, 0.05) is 18.6 Å². The van der Waals surface area contributed by atoms with Gasteiger partial charge in [0.1, 0.15) is 4.90 Å². The largest absolute Gasteiger partial charge is 0.390 e. The summed E-state index contributed by atoms with van der Waals surface area (Å²) in [5.41, 5.74) is 0.545. The summed E-state index contributed by atoms with van der Waals surface area (Å²) in [6, 6.07) is 7.25. The summed E-state index contributed by atoms with van der Waals surface area (Å²) in [5, 5.41) is 12.9. The van der Waals surface area contributed by atoms with E-state index in [-0.39, 0.29) is 24.5 Å². The lowest BCUT2D eigenvalue weighted by atomic mass is 9.91. The highest BCUT2D eigenvalue weighted by atomic mass is 35.5. The van der Waals surface area contributed by atoms with Crippen molar-refractivity contribution in [3.8, 4) is 0 Å². The molecule has 2 aliphatic rings. The fraction of sp³-hybridized carbons (Fsp3) is 0.714. The van der Waals surface area contributed by atoms with Crippen molar-refractivity contribution in [3.63, 3.8) is 0 Å². The second-order valence-electron chi connectivity index (χ2n) is 8.10. The monoisotopic (exact) mass is 428 g/mol. The molecule has 0 amide bonds. The lowest BCUT2D eigenvalue weighted by Gasteiger charge is -2.40. The van der Waals surface area contributed by atoms with Gasteiger partial charge < -0.3 is 10.4 Å². The molecule has 1 atom stereocenters. The highest BCUT2D eigenvalue weighted by molar-refractivity contribution is 7.89. The second kappa shape index (κ2) is 10.3. The van der Waals surface area contributed by atoms with Crippen LogP contribution in [-0.4, -0.2) is 48.4 Å². The molecule has 0 aromatic heterocycles. The van der Waals surface area contributed by atoms with Crippen molar-refractivity contribution in [2.24, 2.45) is 0 Å². The number of aliphatic hydroxyl groups is 1. The van der Waals surface area contributed by atoms with Gasteiger partial charge in [-0.05, 0) is 37.8 Å². The molecule has 2 aliphatic carbocycles. The van der Waals surface area contributed by atoms with Crippen LogP contribution in [0.5, 0.6) is 0 Å². The number of aliphatic hydroxyl groups excluding tert-OH is 1. The Balaban J connectivity index is 1.92. The van der Waals surface area contributed by atoms with E-state index in [1.807, 2.05) is 10.4 Å². The van der Waals surface area contributed by atoms with Gasteiger partial charge in [-0.25, -0.2) is 8.42 Å². The number of anilines is 1. The molecule has 0 bridgehead atoms. The van der Waals surface area contributed by atoms with Crippen molar-refractivity contribution in [2.75, 3.05) is 17.7 Å². The van der Waals surface area contributed by atoms with Gasteiger partial charge >= 0.3 is 0 Å². The average Bonchev–Trinajstić information content (AvgIpc) is 2.73. The van der Waals surface area contributed by atoms with Crippen molar-refractivity contribution in [1.29, 1.82) is 0 Å². The molecule has 0 radical (unpaired) electrons. The maximum Gasteiger partial charge on any atom is 0.245 e. The fourth-order valence-corrected chi connectivity index (χ4v) is 6.81. The van der Waals surface area contributed by atoms with Gasteiger partial charge in [0.05, 0.1) is 17.7 Å². The summed E-state index contributed by atoms with van der Waals surface area (Å²) in [4.78, 5) is 0.313. The van der Waals surface area contributed by atoms with Crippen LogP contribution in [-0.2, 0) is 10.0 Å². The maximum absolute atomic E-state index is 13.9. The van der Waals surface area contributed by atoms with Crippen LogP contribution in [0.3, 0.4) is 0 Å². The molecular weight excluding hydrogens is 396 g/mol. The first-order valence-corrected chi connectivity index (χ1v) is 12.6. The van der Waals surface area contributed by atoms with Gasteiger partial charge in [-0.2, -0.15) is 4.31 Å². The van der Waals surface area contributed by atoms with Gasteiger partial charge in [-0.1, -0.05) is 50.7 Å². The zero-order valence-electron chi connectivity index (χ0n) is 16.5. The van der Waals surface area contributed by atoms with E-state index in [9.17, 15) is 13.5 Å². The highest BCUT2D eigenvalue weighted by Crippen LogP contribution is 2.36. The number of hydrogen-bond acceptors (Lipinski definition) is 4. The SMILES string of the molecule is O=S(=O)(c1ccccc1NCC(O)CCl)N(C1CCCCC1)C1CCCCC1. The fourth-order valence-electron chi connectivity index (χ4n) is 4.60. The summed E-state index contributed by atoms with van der Waals surface area (Å²) < 4.78 is 29.6. The first-order chi connectivity index (χ1) is 13.5. The van der Waals surface area contributed by atoms with E-state index in [0.717, 1.165) is 51.4 Å². The summed E-state index contributed by atoms with van der Waals surface area (Å²) in [5.74, 6) is 0.109. The second-order valence-corrected chi connectivity index (χ2v) is 10.2. The van der Waals surface area contributed by atoms with Gasteiger partial charge in [-0.15, -0.1) is 11.6 Å². The van der Waals surface area contributed by atoms with Crippen molar-refractivity contribution < 1.29 is 13.5 Å². The lowest BCUT2D eigenvalue weighted by Crippen LogP contribution is -2.48. The maximum atomic E-state index is 13.9. The van der Waals surface area contributed by atoms with E-state index in [2.05, 4.69) is 5.32 Å². The van der Waals surface area contributed by atoms with E-state index >= 15 is 0 Å². The molecule has 1 aromatic carbocycles. The number of nitrogens with zero attached hydrogens (tertiary/aromatic N) is 1. The van der Waals surface area contributed by atoms with Gasteiger partial charge in [-0.3, -0.25) is 0 Å². The van der Waals surface area contributed by atoms with Crippen LogP contribution in [0.25, 0.3) is 0 Å². The summed E-state index contributed by atoms with van der Waals surface area (Å²) in [6.07, 6.45) is 9.91. The Bertz CT molecular complexity index is 698. The molecule has 0 heterocycles. The van der Waals surface area contributed by atoms with Crippen LogP contribution in [0.2, 0.25) is 0 Å². The first-order valence-electron chi connectivity index (χ1n) is 10.6. The molecule has 7 heteroatoms. The van der Waals surface area contributed by atoms with E-state index in [1.165, 1.54) is 12.8 Å². The Morgan fingerprint density at radius 2 is 1.54 bits per heavy atom. The van der Waals surface area contributed by atoms with E-state index in [0.29, 0.717) is 10.6 Å². The Labute approximate surface area is 174 Å². The smallest absolute Gasteiger partial charge is 0.245 e. The third kappa shape index (κ3) is 5.21. The topological polar surface area (TPSA) is 69.6 Å². The van der Waals surface area contributed by atoms with Gasteiger partial charge in [0.25, 0.3) is 0 Å².